The van der Waals surface area contributed by atoms with Crippen LogP contribution in [-0.4, -0.2) is 53.5 Å². The molecule has 2 aromatic carbocycles. The van der Waals surface area contributed by atoms with Crippen LogP contribution in [0, 0.1) is 0 Å². The van der Waals surface area contributed by atoms with Gasteiger partial charge in [0.15, 0.2) is 0 Å². The van der Waals surface area contributed by atoms with E-state index in [1.807, 2.05) is 19.9 Å². The summed E-state index contributed by atoms with van der Waals surface area (Å²) in [5, 5.41) is 16.6. The Hall–Kier alpha value is -2.78. The van der Waals surface area contributed by atoms with Crippen molar-refractivity contribution in [2.45, 2.75) is 78.1 Å². The number of morpholine rings is 1. The van der Waals surface area contributed by atoms with Gasteiger partial charge < -0.3 is 19.7 Å². The largest absolute Gasteiger partial charge is 0.508 e. The number of fused-ring (bicyclic) bond motifs is 1. The van der Waals surface area contributed by atoms with Gasteiger partial charge >= 0.3 is 6.18 Å². The summed E-state index contributed by atoms with van der Waals surface area (Å²) in [6.45, 7) is 11.5. The summed E-state index contributed by atoms with van der Waals surface area (Å²) in [6, 6.07) is 8.13. The molecule has 0 bridgehead atoms. The fourth-order valence-electron chi connectivity index (χ4n) is 4.84. The zero-order valence-electron chi connectivity index (χ0n) is 23.1. The molecule has 2 aromatic rings. The number of carboxylic acid groups (broad SMARTS) is 1. The molecule has 0 atom stereocenters. The molecule has 212 valence electrons. The fraction of sp³-hybridized carbons (Fsp3) is 0.552. The van der Waals surface area contributed by atoms with E-state index < -0.39 is 17.7 Å². The maximum atomic E-state index is 13.4. The molecular formula is C29H40F3NO5. The molecule has 0 spiro atoms. The number of benzene rings is 2. The highest BCUT2D eigenvalue weighted by Gasteiger charge is 2.37. The van der Waals surface area contributed by atoms with Crippen LogP contribution in [0.3, 0.4) is 0 Å². The van der Waals surface area contributed by atoms with E-state index in [-0.39, 0.29) is 11.4 Å². The van der Waals surface area contributed by atoms with Crippen molar-refractivity contribution in [3.8, 4) is 11.5 Å². The first kappa shape index (κ1) is 31.4. The molecule has 0 aromatic heterocycles. The first-order valence-corrected chi connectivity index (χ1v) is 12.8. The Labute approximate surface area is 223 Å². The van der Waals surface area contributed by atoms with Crippen molar-refractivity contribution >= 4 is 5.97 Å². The first-order valence-electron chi connectivity index (χ1n) is 12.8. The van der Waals surface area contributed by atoms with Gasteiger partial charge in [-0.25, -0.2) is 0 Å². The van der Waals surface area contributed by atoms with Crippen LogP contribution in [0.15, 0.2) is 30.3 Å². The number of rotatable bonds is 4. The van der Waals surface area contributed by atoms with E-state index in [1.165, 1.54) is 6.07 Å². The molecule has 9 heteroatoms. The Morgan fingerprint density at radius 3 is 2.39 bits per heavy atom. The summed E-state index contributed by atoms with van der Waals surface area (Å²) >= 11 is 0. The van der Waals surface area contributed by atoms with Crippen LogP contribution in [0.4, 0.5) is 13.2 Å². The van der Waals surface area contributed by atoms with Crippen LogP contribution in [0.5, 0.6) is 11.5 Å². The summed E-state index contributed by atoms with van der Waals surface area (Å²) in [4.78, 5) is 11.1. The van der Waals surface area contributed by atoms with E-state index >= 15 is 0 Å². The quantitative estimate of drug-likeness (QED) is 0.467. The molecule has 6 nitrogen and oxygen atoms in total. The zero-order chi connectivity index (χ0) is 28.7. The molecule has 38 heavy (non-hydrogen) atoms. The number of halogens is 3. The number of alkyl halides is 3. The van der Waals surface area contributed by atoms with Gasteiger partial charge in [0, 0.05) is 32.6 Å². The lowest BCUT2D eigenvalue weighted by Crippen LogP contribution is -2.48. The third-order valence-electron chi connectivity index (χ3n) is 6.43. The number of aromatic hydroxyl groups is 1. The van der Waals surface area contributed by atoms with Crippen LogP contribution >= 0.6 is 0 Å². The van der Waals surface area contributed by atoms with E-state index in [0.717, 1.165) is 48.6 Å². The minimum Gasteiger partial charge on any atom is -0.508 e. The molecule has 1 fully saturated rings. The summed E-state index contributed by atoms with van der Waals surface area (Å²) in [7, 11) is 1.61. The number of phenolic OH excluding ortho intramolecular Hbond substituents is 1. The van der Waals surface area contributed by atoms with E-state index in [1.54, 1.807) is 25.3 Å². The standard InChI is InChI=1S/C17H22F3NO.C10H14O2.C2H4O2/c1-16(2)11-21(8-9-22-16)10-14-13-5-3-4-12(13)6-7-15(14)17(18,19)20;1-7(2)9-5-4-8(11)6-10(9)12-3;1-2(3)4/h6-7H,3-5,8-11H2,1-2H3;4-7,11H,1-3H3;1H3,(H,3,4). The maximum absolute atomic E-state index is 13.4. The van der Waals surface area contributed by atoms with E-state index in [0.29, 0.717) is 37.7 Å². The first-order chi connectivity index (χ1) is 17.6. The highest BCUT2D eigenvalue weighted by Crippen LogP contribution is 2.38. The normalized spacial score (nSPS) is 16.6. The van der Waals surface area contributed by atoms with Gasteiger partial charge in [-0.15, -0.1) is 0 Å². The highest BCUT2D eigenvalue weighted by atomic mass is 19.4. The summed E-state index contributed by atoms with van der Waals surface area (Å²) < 4.78 is 50.9. The van der Waals surface area contributed by atoms with Crippen molar-refractivity contribution in [1.29, 1.82) is 0 Å². The predicted molar refractivity (Wildman–Crippen MR) is 141 cm³/mol. The summed E-state index contributed by atoms with van der Waals surface area (Å²) in [5.41, 5.74) is 2.87. The maximum Gasteiger partial charge on any atom is 0.416 e. The summed E-state index contributed by atoms with van der Waals surface area (Å²) in [6.07, 6.45) is -1.66. The molecule has 1 heterocycles. The average Bonchev–Trinajstić information content (AvgIpc) is 3.27. The third-order valence-corrected chi connectivity index (χ3v) is 6.43. The van der Waals surface area contributed by atoms with Gasteiger partial charge in [0.2, 0.25) is 0 Å². The van der Waals surface area contributed by atoms with Crippen molar-refractivity contribution in [3.05, 3.63) is 58.1 Å². The second-order valence-corrected chi connectivity index (χ2v) is 10.5. The third kappa shape index (κ3) is 9.20. The second kappa shape index (κ2) is 13.3. The molecule has 0 radical (unpaired) electrons. The van der Waals surface area contributed by atoms with E-state index in [4.69, 9.17) is 19.4 Å². The Morgan fingerprint density at radius 1 is 1.18 bits per heavy atom. The van der Waals surface area contributed by atoms with Gasteiger partial charge in [0.25, 0.3) is 5.97 Å². The minimum atomic E-state index is -4.28. The number of carboxylic acids is 1. The smallest absolute Gasteiger partial charge is 0.416 e. The van der Waals surface area contributed by atoms with Gasteiger partial charge in [-0.1, -0.05) is 26.0 Å². The number of nitrogens with zero attached hydrogens (tertiary/aromatic N) is 1. The molecule has 2 aliphatic rings. The lowest BCUT2D eigenvalue weighted by atomic mass is 9.96. The molecule has 4 rings (SSSR count). The monoisotopic (exact) mass is 539 g/mol. The number of ether oxygens (including phenoxy) is 2. The van der Waals surface area contributed by atoms with E-state index in [9.17, 15) is 18.3 Å². The predicted octanol–water partition coefficient (Wildman–Crippen LogP) is 6.42. The van der Waals surface area contributed by atoms with Gasteiger partial charge in [0.05, 0.1) is 24.9 Å². The Bertz CT molecular complexity index is 1080. The number of phenols is 1. The number of hydrogen-bond acceptors (Lipinski definition) is 5. The fourth-order valence-corrected chi connectivity index (χ4v) is 4.84. The molecule has 2 N–H and O–H groups in total. The van der Waals surface area contributed by atoms with Crippen molar-refractivity contribution in [2.24, 2.45) is 0 Å². The number of aryl methyl sites for hydroxylation is 1. The highest BCUT2D eigenvalue weighted by molar-refractivity contribution is 5.63. The Balaban J connectivity index is 0.000000266. The van der Waals surface area contributed by atoms with Gasteiger partial charge in [0.1, 0.15) is 11.5 Å². The van der Waals surface area contributed by atoms with Crippen molar-refractivity contribution < 1.29 is 37.7 Å². The molecule has 1 aliphatic carbocycles. The van der Waals surface area contributed by atoms with Crippen molar-refractivity contribution in [1.82, 2.24) is 4.90 Å². The lowest BCUT2D eigenvalue weighted by molar-refractivity contribution is -0.139. The summed E-state index contributed by atoms with van der Waals surface area (Å²) in [5.74, 6) is 0.585. The zero-order valence-corrected chi connectivity index (χ0v) is 23.1. The molecular weight excluding hydrogens is 499 g/mol. The van der Waals surface area contributed by atoms with Crippen LogP contribution in [0.25, 0.3) is 0 Å². The van der Waals surface area contributed by atoms with Gasteiger partial charge in [-0.05, 0) is 73.4 Å². The molecule has 0 amide bonds. The topological polar surface area (TPSA) is 79.2 Å². The average molecular weight is 540 g/mol. The van der Waals surface area contributed by atoms with Crippen LogP contribution < -0.4 is 4.74 Å². The van der Waals surface area contributed by atoms with Crippen LogP contribution in [-0.2, 0) is 35.1 Å². The van der Waals surface area contributed by atoms with Crippen molar-refractivity contribution in [2.75, 3.05) is 26.8 Å². The minimum absolute atomic E-state index is 0.247. The second-order valence-electron chi connectivity index (χ2n) is 10.5. The Kier molecular flexibility index (Phi) is 11.0. The number of methoxy groups -OCH3 is 1. The number of hydrogen-bond donors (Lipinski definition) is 2. The molecule has 1 saturated heterocycles. The molecule has 0 saturated carbocycles. The number of carbonyl (C=O) groups is 1. The van der Waals surface area contributed by atoms with Gasteiger partial charge in [-0.3, -0.25) is 9.69 Å². The Morgan fingerprint density at radius 2 is 1.84 bits per heavy atom. The van der Waals surface area contributed by atoms with Crippen molar-refractivity contribution in [3.63, 3.8) is 0 Å². The lowest BCUT2D eigenvalue weighted by Gasteiger charge is -2.38. The molecule has 1 aliphatic heterocycles. The SMILES string of the molecule is CC(=O)O.CC1(C)CN(Cc2c(C(F)(F)F)ccc3c2CCC3)CCO1.COc1cc(O)ccc1C(C)C. The van der Waals surface area contributed by atoms with Crippen LogP contribution in [0.1, 0.15) is 74.8 Å². The molecule has 0 unspecified atom stereocenters. The van der Waals surface area contributed by atoms with Crippen LogP contribution in [0.2, 0.25) is 0 Å². The van der Waals surface area contributed by atoms with Gasteiger partial charge in [-0.2, -0.15) is 13.2 Å². The number of aliphatic carboxylic acids is 1. The van der Waals surface area contributed by atoms with E-state index in [2.05, 4.69) is 18.7 Å².